The van der Waals surface area contributed by atoms with Crippen LogP contribution in [-0.2, 0) is 11.3 Å². The van der Waals surface area contributed by atoms with Gasteiger partial charge in [0.15, 0.2) is 0 Å². The van der Waals surface area contributed by atoms with Gasteiger partial charge in [0.1, 0.15) is 5.82 Å². The number of nitrogens with zero attached hydrogens (tertiary/aromatic N) is 3. The smallest absolute Gasteiger partial charge is 0.273 e. The lowest BCUT2D eigenvalue weighted by molar-refractivity contribution is -0.385. The Bertz CT molecular complexity index is 1170. The van der Waals surface area contributed by atoms with Crippen molar-refractivity contribution in [2.24, 2.45) is 0 Å². The molecular weight excluding hydrogens is 388 g/mol. The molecule has 0 unspecified atom stereocenters. The third kappa shape index (κ3) is 4.20. The van der Waals surface area contributed by atoms with Crippen molar-refractivity contribution in [3.63, 3.8) is 0 Å². The summed E-state index contributed by atoms with van der Waals surface area (Å²) in [7, 11) is 1.54. The molecule has 3 rings (SSSR count). The normalized spacial score (nSPS) is 12.0. The molecule has 0 bridgehead atoms. The maximum Gasteiger partial charge on any atom is 0.273 e. The van der Waals surface area contributed by atoms with E-state index < -0.39 is 16.9 Å². The Morgan fingerprint density at radius 2 is 2.03 bits per heavy atom. The van der Waals surface area contributed by atoms with Crippen molar-refractivity contribution >= 4 is 22.5 Å². The first-order chi connectivity index (χ1) is 14.3. The number of hydrogen-bond donors (Lipinski definition) is 1. The Kier molecular flexibility index (Phi) is 6.22. The summed E-state index contributed by atoms with van der Waals surface area (Å²) in [5.41, 5.74) is 0.800. The summed E-state index contributed by atoms with van der Waals surface area (Å²) < 4.78 is 6.59. The Labute approximate surface area is 172 Å². The number of nitro groups is 1. The molecule has 0 saturated carbocycles. The van der Waals surface area contributed by atoms with Crippen molar-refractivity contribution in [2.45, 2.75) is 26.4 Å². The Balaban J connectivity index is 1.97. The van der Waals surface area contributed by atoms with Gasteiger partial charge in [-0.3, -0.25) is 24.3 Å². The first-order valence-electron chi connectivity index (χ1n) is 9.37. The van der Waals surface area contributed by atoms with E-state index in [2.05, 4.69) is 10.3 Å². The number of nitrogens with one attached hydrogen (secondary N) is 1. The van der Waals surface area contributed by atoms with Crippen LogP contribution in [-0.4, -0.2) is 34.1 Å². The van der Waals surface area contributed by atoms with Crippen molar-refractivity contribution < 1.29 is 14.5 Å². The summed E-state index contributed by atoms with van der Waals surface area (Å²) in [6.45, 7) is 3.90. The highest BCUT2D eigenvalue weighted by Gasteiger charge is 2.21. The van der Waals surface area contributed by atoms with Crippen LogP contribution in [0.15, 0.2) is 47.3 Å². The average Bonchev–Trinajstić information content (AvgIpc) is 2.73. The highest BCUT2D eigenvalue weighted by molar-refractivity contribution is 5.95. The molecule has 3 aromatic rings. The lowest BCUT2D eigenvalue weighted by atomic mass is 10.1. The fourth-order valence-electron chi connectivity index (χ4n) is 3.21. The molecular formula is C21H22N4O5. The summed E-state index contributed by atoms with van der Waals surface area (Å²) in [6, 6.07) is 10.7. The number of hydrogen-bond acceptors (Lipinski definition) is 6. The van der Waals surface area contributed by atoms with Gasteiger partial charge >= 0.3 is 0 Å². The Hall–Kier alpha value is -3.59. The van der Waals surface area contributed by atoms with Crippen LogP contribution in [0.3, 0.4) is 0 Å². The number of aromatic nitrogens is 2. The Morgan fingerprint density at radius 3 is 2.73 bits per heavy atom. The van der Waals surface area contributed by atoms with Gasteiger partial charge in [0.25, 0.3) is 17.2 Å². The standard InChI is InChI=1S/C21H22N4O5/c1-13-8-9-15(12-18(13)25(28)29)20(26)22-14(2)19-23-17-7-5-4-6-16(17)21(27)24(19)10-11-30-3/h4-9,12,14H,10-11H2,1-3H3,(H,22,26)/t14-/m1/s1. The maximum absolute atomic E-state index is 13.0. The summed E-state index contributed by atoms with van der Waals surface area (Å²) in [6.07, 6.45) is 0. The van der Waals surface area contributed by atoms with Crippen LogP contribution in [0.2, 0.25) is 0 Å². The summed E-state index contributed by atoms with van der Waals surface area (Å²) in [5, 5.41) is 14.4. The van der Waals surface area contributed by atoms with Crippen molar-refractivity contribution in [3.8, 4) is 0 Å². The molecule has 9 heteroatoms. The Morgan fingerprint density at radius 1 is 1.30 bits per heavy atom. The third-order valence-corrected chi connectivity index (χ3v) is 4.81. The molecule has 1 N–H and O–H groups in total. The minimum Gasteiger partial charge on any atom is -0.383 e. The molecule has 1 heterocycles. The van der Waals surface area contributed by atoms with Crippen molar-refractivity contribution in [1.29, 1.82) is 0 Å². The highest BCUT2D eigenvalue weighted by Crippen LogP contribution is 2.20. The number of benzene rings is 2. The van der Waals surface area contributed by atoms with Gasteiger partial charge in [-0.2, -0.15) is 0 Å². The van der Waals surface area contributed by atoms with E-state index >= 15 is 0 Å². The quantitative estimate of drug-likeness (QED) is 0.473. The number of rotatable bonds is 7. The number of fused-ring (bicyclic) bond motifs is 1. The predicted octanol–water partition coefficient (Wildman–Crippen LogP) is 2.75. The van der Waals surface area contributed by atoms with Crippen molar-refractivity contribution in [2.75, 3.05) is 13.7 Å². The van der Waals surface area contributed by atoms with E-state index in [0.29, 0.717) is 28.9 Å². The van der Waals surface area contributed by atoms with Crippen LogP contribution in [0.25, 0.3) is 10.9 Å². The molecule has 1 amide bonds. The number of amides is 1. The maximum atomic E-state index is 13.0. The van der Waals surface area contributed by atoms with Crippen LogP contribution in [0, 0.1) is 17.0 Å². The monoisotopic (exact) mass is 410 g/mol. The molecule has 1 atom stereocenters. The van der Waals surface area contributed by atoms with E-state index in [0.717, 1.165) is 0 Å². The molecule has 0 aliphatic carbocycles. The first kappa shape index (κ1) is 21.1. The van der Waals surface area contributed by atoms with Crippen LogP contribution in [0.5, 0.6) is 0 Å². The van der Waals surface area contributed by atoms with Gasteiger partial charge in [-0.25, -0.2) is 4.98 Å². The molecule has 0 fully saturated rings. The minimum absolute atomic E-state index is 0.129. The number of ether oxygens (including phenoxy) is 1. The van der Waals surface area contributed by atoms with Gasteiger partial charge in [0.05, 0.1) is 35.0 Å². The summed E-state index contributed by atoms with van der Waals surface area (Å²) in [4.78, 5) is 40.9. The molecule has 30 heavy (non-hydrogen) atoms. The molecule has 0 radical (unpaired) electrons. The lowest BCUT2D eigenvalue weighted by Gasteiger charge is -2.19. The topological polar surface area (TPSA) is 116 Å². The zero-order valence-corrected chi connectivity index (χ0v) is 16.9. The van der Waals surface area contributed by atoms with E-state index in [1.165, 1.54) is 29.9 Å². The number of aryl methyl sites for hydroxylation is 1. The fourth-order valence-corrected chi connectivity index (χ4v) is 3.21. The lowest BCUT2D eigenvalue weighted by Crippen LogP contribution is -2.34. The molecule has 1 aromatic heterocycles. The third-order valence-electron chi connectivity index (χ3n) is 4.81. The molecule has 0 aliphatic heterocycles. The van der Waals surface area contributed by atoms with Gasteiger partial charge < -0.3 is 10.1 Å². The molecule has 0 saturated heterocycles. The molecule has 0 spiro atoms. The van der Waals surface area contributed by atoms with E-state index in [1.807, 2.05) is 0 Å². The van der Waals surface area contributed by atoms with Gasteiger partial charge in [-0.05, 0) is 32.0 Å². The largest absolute Gasteiger partial charge is 0.383 e. The first-order valence-corrected chi connectivity index (χ1v) is 9.37. The summed E-state index contributed by atoms with van der Waals surface area (Å²) in [5.74, 6) is -0.114. The number of methoxy groups -OCH3 is 1. The molecule has 156 valence electrons. The number of carbonyl (C=O) groups excluding carboxylic acids is 1. The highest BCUT2D eigenvalue weighted by atomic mass is 16.6. The van der Waals surface area contributed by atoms with Gasteiger partial charge in [-0.1, -0.05) is 18.2 Å². The number of carbonyl (C=O) groups is 1. The molecule has 9 nitrogen and oxygen atoms in total. The second-order valence-corrected chi connectivity index (χ2v) is 6.89. The predicted molar refractivity (Wildman–Crippen MR) is 112 cm³/mol. The average molecular weight is 410 g/mol. The van der Waals surface area contributed by atoms with Gasteiger partial charge in [0.2, 0.25) is 0 Å². The van der Waals surface area contributed by atoms with Crippen LogP contribution >= 0.6 is 0 Å². The van der Waals surface area contributed by atoms with Crippen LogP contribution < -0.4 is 10.9 Å². The van der Waals surface area contributed by atoms with Gasteiger partial charge in [-0.15, -0.1) is 0 Å². The second-order valence-electron chi connectivity index (χ2n) is 6.89. The van der Waals surface area contributed by atoms with Crippen molar-refractivity contribution in [3.05, 3.63) is 79.9 Å². The zero-order valence-electron chi connectivity index (χ0n) is 16.9. The number of nitro benzene ring substituents is 1. The minimum atomic E-state index is -0.618. The van der Waals surface area contributed by atoms with E-state index in [9.17, 15) is 19.7 Å². The van der Waals surface area contributed by atoms with Crippen LogP contribution in [0.4, 0.5) is 5.69 Å². The second kappa shape index (κ2) is 8.83. The number of para-hydroxylation sites is 1. The van der Waals surface area contributed by atoms with Gasteiger partial charge in [0, 0.05) is 24.3 Å². The zero-order chi connectivity index (χ0) is 21.8. The molecule has 0 aliphatic rings. The van der Waals surface area contributed by atoms with E-state index in [4.69, 9.17) is 4.74 Å². The van der Waals surface area contributed by atoms with E-state index in [1.54, 1.807) is 38.1 Å². The summed E-state index contributed by atoms with van der Waals surface area (Å²) >= 11 is 0. The van der Waals surface area contributed by atoms with Crippen molar-refractivity contribution in [1.82, 2.24) is 14.9 Å². The SMILES string of the molecule is COCCn1c([C@@H](C)NC(=O)c2ccc(C)c([N+](=O)[O-])c2)nc2ccccc2c1=O. The van der Waals surface area contributed by atoms with E-state index in [-0.39, 0.29) is 23.4 Å². The molecule has 2 aromatic carbocycles. The fraction of sp³-hybridized carbons (Fsp3) is 0.286. The van der Waals surface area contributed by atoms with Crippen LogP contribution in [0.1, 0.15) is 34.7 Å².